The van der Waals surface area contributed by atoms with Gasteiger partial charge in [0.1, 0.15) is 0 Å². The van der Waals surface area contributed by atoms with Crippen molar-refractivity contribution in [1.82, 2.24) is 4.90 Å². The van der Waals surface area contributed by atoms with Crippen molar-refractivity contribution < 1.29 is 14.3 Å². The molecule has 1 aromatic rings. The Morgan fingerprint density at radius 3 is 2.56 bits per heavy atom. The standard InChI is InChI=1S/C13H17NO3S/c1-14(2)13(16)18-11-7-5-4-6-10(11)8-9-12(15)17-3/h4-7H,8-9H2,1-3H3. The Hall–Kier alpha value is -1.49. The first-order chi connectivity index (χ1) is 8.54. The Balaban J connectivity index is 2.73. The van der Waals surface area contributed by atoms with Gasteiger partial charge in [-0.2, -0.15) is 0 Å². The Morgan fingerprint density at radius 1 is 1.28 bits per heavy atom. The minimum Gasteiger partial charge on any atom is -0.469 e. The van der Waals surface area contributed by atoms with Crippen LogP contribution in [0, 0.1) is 0 Å². The number of carbonyl (C=O) groups is 2. The van der Waals surface area contributed by atoms with Gasteiger partial charge in [0.25, 0.3) is 5.24 Å². The van der Waals surface area contributed by atoms with Gasteiger partial charge in [0, 0.05) is 25.4 Å². The van der Waals surface area contributed by atoms with Crippen LogP contribution >= 0.6 is 11.8 Å². The normalized spacial score (nSPS) is 9.94. The zero-order chi connectivity index (χ0) is 13.5. The van der Waals surface area contributed by atoms with E-state index >= 15 is 0 Å². The summed E-state index contributed by atoms with van der Waals surface area (Å²) in [7, 11) is 4.80. The summed E-state index contributed by atoms with van der Waals surface area (Å²) in [5, 5.41) is -0.0273. The summed E-state index contributed by atoms with van der Waals surface area (Å²) in [6.45, 7) is 0. The van der Waals surface area contributed by atoms with Gasteiger partial charge in [0.05, 0.1) is 7.11 Å². The van der Waals surface area contributed by atoms with E-state index < -0.39 is 0 Å². The lowest BCUT2D eigenvalue weighted by Crippen LogP contribution is -2.16. The molecule has 0 spiro atoms. The van der Waals surface area contributed by atoms with E-state index in [0.717, 1.165) is 10.5 Å². The number of ether oxygens (including phenoxy) is 1. The van der Waals surface area contributed by atoms with Gasteiger partial charge in [-0.05, 0) is 29.8 Å². The van der Waals surface area contributed by atoms with Crippen molar-refractivity contribution in [1.29, 1.82) is 0 Å². The minimum atomic E-state index is -0.242. The summed E-state index contributed by atoms with van der Waals surface area (Å²) >= 11 is 1.17. The van der Waals surface area contributed by atoms with Gasteiger partial charge in [-0.1, -0.05) is 18.2 Å². The van der Waals surface area contributed by atoms with Crippen molar-refractivity contribution in [3.8, 4) is 0 Å². The Labute approximate surface area is 111 Å². The number of carbonyl (C=O) groups excluding carboxylic acids is 2. The van der Waals surface area contributed by atoms with Gasteiger partial charge in [-0.25, -0.2) is 0 Å². The minimum absolute atomic E-state index is 0.0273. The topological polar surface area (TPSA) is 46.6 Å². The van der Waals surface area contributed by atoms with E-state index in [-0.39, 0.29) is 11.2 Å². The highest BCUT2D eigenvalue weighted by molar-refractivity contribution is 8.13. The van der Waals surface area contributed by atoms with Crippen molar-refractivity contribution in [2.75, 3.05) is 21.2 Å². The number of methoxy groups -OCH3 is 1. The lowest BCUT2D eigenvalue weighted by atomic mass is 10.1. The van der Waals surface area contributed by atoms with E-state index in [1.54, 1.807) is 14.1 Å². The molecule has 0 atom stereocenters. The number of benzene rings is 1. The van der Waals surface area contributed by atoms with E-state index in [9.17, 15) is 9.59 Å². The fourth-order valence-electron chi connectivity index (χ4n) is 1.33. The average molecular weight is 267 g/mol. The lowest BCUT2D eigenvalue weighted by Gasteiger charge is -2.12. The first-order valence-corrected chi connectivity index (χ1v) is 6.40. The Kier molecular flexibility index (Phi) is 5.71. The quantitative estimate of drug-likeness (QED) is 0.621. The summed E-state index contributed by atoms with van der Waals surface area (Å²) in [6, 6.07) is 7.59. The second-order valence-electron chi connectivity index (χ2n) is 3.95. The van der Waals surface area contributed by atoms with Crippen molar-refractivity contribution in [3.05, 3.63) is 29.8 Å². The number of amides is 1. The number of nitrogens with zero attached hydrogens (tertiary/aromatic N) is 1. The van der Waals surface area contributed by atoms with Gasteiger partial charge < -0.3 is 9.64 Å². The summed E-state index contributed by atoms with van der Waals surface area (Å²) in [5.41, 5.74) is 0.989. The van der Waals surface area contributed by atoms with E-state index in [1.165, 1.54) is 23.8 Å². The number of esters is 1. The third-order valence-electron chi connectivity index (χ3n) is 2.36. The fraction of sp³-hybridized carbons (Fsp3) is 0.385. The van der Waals surface area contributed by atoms with Crippen LogP contribution in [0.5, 0.6) is 0 Å². The molecule has 0 radical (unpaired) electrons. The monoisotopic (exact) mass is 267 g/mol. The summed E-state index contributed by atoms with van der Waals surface area (Å²) in [6.07, 6.45) is 0.904. The molecule has 0 N–H and O–H groups in total. The highest BCUT2D eigenvalue weighted by atomic mass is 32.2. The molecule has 0 heterocycles. The summed E-state index contributed by atoms with van der Waals surface area (Å²) in [4.78, 5) is 25.2. The zero-order valence-electron chi connectivity index (χ0n) is 10.8. The molecule has 1 aromatic carbocycles. The molecule has 1 amide bonds. The summed E-state index contributed by atoms with van der Waals surface area (Å²) in [5.74, 6) is -0.242. The molecule has 0 saturated heterocycles. The Morgan fingerprint density at radius 2 is 1.94 bits per heavy atom. The molecule has 98 valence electrons. The number of thioether (sulfide) groups is 1. The molecule has 0 aliphatic carbocycles. The van der Waals surface area contributed by atoms with Crippen molar-refractivity contribution in [2.24, 2.45) is 0 Å². The highest BCUT2D eigenvalue weighted by Gasteiger charge is 2.11. The number of hydrogen-bond donors (Lipinski definition) is 0. The maximum atomic E-state index is 11.7. The predicted molar refractivity (Wildman–Crippen MR) is 71.7 cm³/mol. The van der Waals surface area contributed by atoms with Crippen LogP contribution in [0.15, 0.2) is 29.2 Å². The van der Waals surface area contributed by atoms with E-state index in [4.69, 9.17) is 0 Å². The van der Waals surface area contributed by atoms with Gasteiger partial charge in [0.15, 0.2) is 0 Å². The van der Waals surface area contributed by atoms with Crippen LogP contribution in [-0.4, -0.2) is 37.3 Å². The molecule has 0 aromatic heterocycles. The maximum Gasteiger partial charge on any atom is 0.305 e. The Bertz CT molecular complexity index is 432. The van der Waals surface area contributed by atoms with Crippen molar-refractivity contribution in [3.63, 3.8) is 0 Å². The SMILES string of the molecule is COC(=O)CCc1ccccc1SC(=O)N(C)C. The highest BCUT2D eigenvalue weighted by Crippen LogP contribution is 2.25. The molecular weight excluding hydrogens is 250 g/mol. The molecule has 0 bridgehead atoms. The predicted octanol–water partition coefficient (Wildman–Crippen LogP) is 2.57. The van der Waals surface area contributed by atoms with Gasteiger partial charge in [-0.3, -0.25) is 9.59 Å². The molecule has 4 nitrogen and oxygen atoms in total. The fourth-order valence-corrected chi connectivity index (χ4v) is 2.15. The van der Waals surface area contributed by atoms with Crippen LogP contribution < -0.4 is 0 Å². The molecule has 0 fully saturated rings. The third kappa shape index (κ3) is 4.41. The van der Waals surface area contributed by atoms with Crippen molar-refractivity contribution in [2.45, 2.75) is 17.7 Å². The number of rotatable bonds is 4. The molecule has 5 heteroatoms. The van der Waals surface area contributed by atoms with Crippen LogP contribution in [0.2, 0.25) is 0 Å². The molecule has 0 saturated carbocycles. The smallest absolute Gasteiger partial charge is 0.305 e. The first-order valence-electron chi connectivity index (χ1n) is 5.58. The third-order valence-corrected chi connectivity index (χ3v) is 3.52. The number of hydrogen-bond acceptors (Lipinski definition) is 4. The van der Waals surface area contributed by atoms with Crippen LogP contribution in [0.4, 0.5) is 4.79 Å². The molecule has 0 aliphatic rings. The van der Waals surface area contributed by atoms with Crippen LogP contribution in [-0.2, 0) is 16.0 Å². The molecule has 0 unspecified atom stereocenters. The van der Waals surface area contributed by atoms with E-state index in [2.05, 4.69) is 4.74 Å². The van der Waals surface area contributed by atoms with Gasteiger partial charge in [-0.15, -0.1) is 0 Å². The maximum absolute atomic E-state index is 11.7. The van der Waals surface area contributed by atoms with Crippen LogP contribution in [0.25, 0.3) is 0 Å². The van der Waals surface area contributed by atoms with E-state index in [0.29, 0.717) is 12.8 Å². The second kappa shape index (κ2) is 7.06. The van der Waals surface area contributed by atoms with Crippen LogP contribution in [0.1, 0.15) is 12.0 Å². The molecular formula is C13H17NO3S. The van der Waals surface area contributed by atoms with Crippen molar-refractivity contribution >= 4 is 23.0 Å². The lowest BCUT2D eigenvalue weighted by molar-refractivity contribution is -0.140. The molecule has 18 heavy (non-hydrogen) atoms. The average Bonchev–Trinajstić information content (AvgIpc) is 2.37. The first kappa shape index (κ1) is 14.6. The molecule has 0 aliphatic heterocycles. The van der Waals surface area contributed by atoms with Crippen LogP contribution in [0.3, 0.4) is 0 Å². The number of aryl methyl sites for hydroxylation is 1. The molecule has 1 rings (SSSR count). The van der Waals surface area contributed by atoms with Gasteiger partial charge >= 0.3 is 5.97 Å². The van der Waals surface area contributed by atoms with E-state index in [1.807, 2.05) is 24.3 Å². The second-order valence-corrected chi connectivity index (χ2v) is 4.94. The zero-order valence-corrected chi connectivity index (χ0v) is 11.6. The summed E-state index contributed by atoms with van der Waals surface area (Å²) < 4.78 is 4.61. The largest absolute Gasteiger partial charge is 0.469 e. The van der Waals surface area contributed by atoms with Gasteiger partial charge in [0.2, 0.25) is 0 Å².